The molecule has 2 amide bonds. The first-order valence-electron chi connectivity index (χ1n) is 11.3. The minimum atomic E-state index is -0.773. The Hall–Kier alpha value is -3.57. The van der Waals surface area contributed by atoms with Crippen molar-refractivity contribution in [3.63, 3.8) is 0 Å². The number of aromatic amines is 1. The number of thiazole rings is 1. The van der Waals surface area contributed by atoms with E-state index in [1.165, 1.54) is 30.0 Å². The van der Waals surface area contributed by atoms with Gasteiger partial charge >= 0.3 is 10.8 Å². The molecular formula is C25H22N2O7S2. The van der Waals surface area contributed by atoms with E-state index in [0.29, 0.717) is 33.3 Å². The van der Waals surface area contributed by atoms with E-state index in [2.05, 4.69) is 4.98 Å². The summed E-state index contributed by atoms with van der Waals surface area (Å²) in [5, 5.41) is 9.99. The van der Waals surface area contributed by atoms with Gasteiger partial charge in [0.05, 0.1) is 35.4 Å². The van der Waals surface area contributed by atoms with Crippen molar-refractivity contribution in [1.29, 1.82) is 0 Å². The maximum atomic E-state index is 13.8. The Balaban J connectivity index is 1.56. The van der Waals surface area contributed by atoms with Crippen molar-refractivity contribution in [2.45, 2.75) is 30.0 Å². The number of carbonyl (C=O) groups excluding carboxylic acids is 3. The zero-order valence-electron chi connectivity index (χ0n) is 19.3. The molecule has 3 atom stereocenters. The summed E-state index contributed by atoms with van der Waals surface area (Å²) in [4.78, 5) is 55.9. The molecule has 5 rings (SSSR count). The molecular weight excluding hydrogens is 504 g/mol. The summed E-state index contributed by atoms with van der Waals surface area (Å²) in [5.74, 6) is -2.42. The van der Waals surface area contributed by atoms with E-state index < -0.39 is 34.9 Å². The van der Waals surface area contributed by atoms with Gasteiger partial charge in [0.1, 0.15) is 5.25 Å². The van der Waals surface area contributed by atoms with Crippen LogP contribution in [0.25, 0.3) is 0 Å². The van der Waals surface area contributed by atoms with Gasteiger partial charge in [-0.15, -0.1) is 0 Å². The fourth-order valence-corrected chi connectivity index (χ4v) is 7.10. The molecule has 0 unspecified atom stereocenters. The topological polar surface area (TPSA) is 126 Å². The third kappa shape index (κ3) is 3.97. The number of H-pyrrole nitrogens is 1. The van der Waals surface area contributed by atoms with Gasteiger partial charge in [-0.1, -0.05) is 29.2 Å². The number of phenols is 1. The van der Waals surface area contributed by atoms with Crippen LogP contribution in [-0.2, 0) is 14.3 Å². The molecule has 1 aromatic heterocycles. The van der Waals surface area contributed by atoms with E-state index >= 15 is 0 Å². The van der Waals surface area contributed by atoms with E-state index in [0.717, 1.165) is 16.2 Å². The minimum absolute atomic E-state index is 0.0399. The number of benzene rings is 2. The molecule has 0 radical (unpaired) electrons. The highest BCUT2D eigenvalue weighted by atomic mass is 32.2. The zero-order valence-corrected chi connectivity index (χ0v) is 21.0. The normalized spacial score (nSPS) is 20.7. The largest absolute Gasteiger partial charge is 0.504 e. The van der Waals surface area contributed by atoms with Crippen molar-refractivity contribution in [3.05, 3.63) is 68.1 Å². The first kappa shape index (κ1) is 24.1. The SMILES string of the molecule is CCOC(=O)c1ccc(N2C(=O)[C@H]3[C@H](c4ccc(O)c(OCC)c4)c4sc(=O)[nH]c4S[C@H]3C2=O)cc1. The molecule has 2 aromatic carbocycles. The Morgan fingerprint density at radius 3 is 2.50 bits per heavy atom. The van der Waals surface area contributed by atoms with Crippen LogP contribution in [0.1, 0.15) is 40.6 Å². The number of phenolic OH excluding ortho intramolecular Hbond substituents is 1. The molecule has 0 saturated carbocycles. The second-order valence-electron chi connectivity index (χ2n) is 8.19. The fourth-order valence-electron chi connectivity index (χ4n) is 4.59. The molecule has 0 bridgehead atoms. The number of amides is 2. The molecule has 186 valence electrons. The molecule has 3 heterocycles. The lowest BCUT2D eigenvalue weighted by molar-refractivity contribution is -0.122. The molecule has 36 heavy (non-hydrogen) atoms. The van der Waals surface area contributed by atoms with Crippen LogP contribution in [0.3, 0.4) is 0 Å². The number of ether oxygens (including phenoxy) is 2. The van der Waals surface area contributed by atoms with Crippen LogP contribution in [0.4, 0.5) is 5.69 Å². The van der Waals surface area contributed by atoms with Crippen LogP contribution in [0.2, 0.25) is 0 Å². The van der Waals surface area contributed by atoms with E-state index in [-0.39, 0.29) is 23.0 Å². The standard InChI is InChI=1S/C25H22N2O7S2/c1-3-33-16-11-13(7-10-15(16)28)17-18-20(35-21-19(17)36-25(32)26-21)23(30)27(22(18)29)14-8-5-12(6-9-14)24(31)34-4-2/h5-11,17-18,20,28H,3-4H2,1-2H3,(H,26,32)/t17-,18-,20+/m0/s1. The summed E-state index contributed by atoms with van der Waals surface area (Å²) in [7, 11) is 0. The molecule has 3 aromatic rings. The van der Waals surface area contributed by atoms with Gasteiger partial charge in [0.2, 0.25) is 11.8 Å². The molecule has 2 aliphatic rings. The second-order valence-corrected chi connectivity index (χ2v) is 10.4. The van der Waals surface area contributed by atoms with E-state index in [1.807, 2.05) is 0 Å². The molecule has 9 nitrogen and oxygen atoms in total. The molecule has 0 aliphatic carbocycles. The Morgan fingerprint density at radius 1 is 1.06 bits per heavy atom. The van der Waals surface area contributed by atoms with Gasteiger partial charge in [0.15, 0.2) is 11.5 Å². The van der Waals surface area contributed by atoms with Crippen molar-refractivity contribution in [3.8, 4) is 11.5 Å². The summed E-state index contributed by atoms with van der Waals surface area (Å²) in [6.45, 7) is 4.07. The highest BCUT2D eigenvalue weighted by molar-refractivity contribution is 8.00. The maximum absolute atomic E-state index is 13.8. The Kier molecular flexibility index (Phi) is 6.35. The molecule has 2 aliphatic heterocycles. The Labute approximate surface area is 214 Å². The van der Waals surface area contributed by atoms with E-state index in [9.17, 15) is 24.3 Å². The van der Waals surface area contributed by atoms with Crippen molar-refractivity contribution in [2.24, 2.45) is 5.92 Å². The first-order valence-corrected chi connectivity index (χ1v) is 13.0. The number of nitrogens with zero attached hydrogens (tertiary/aromatic N) is 1. The predicted octanol–water partition coefficient (Wildman–Crippen LogP) is 3.51. The summed E-state index contributed by atoms with van der Waals surface area (Å²) in [6.07, 6.45) is 0. The number of thioether (sulfide) groups is 1. The number of esters is 1. The summed E-state index contributed by atoms with van der Waals surface area (Å²) in [6, 6.07) is 10.9. The first-order chi connectivity index (χ1) is 17.3. The molecule has 0 spiro atoms. The third-order valence-corrected chi connectivity index (χ3v) is 8.50. The number of aromatic nitrogens is 1. The van der Waals surface area contributed by atoms with Crippen molar-refractivity contribution in [1.82, 2.24) is 4.98 Å². The van der Waals surface area contributed by atoms with E-state index in [1.54, 1.807) is 38.1 Å². The van der Waals surface area contributed by atoms with E-state index in [4.69, 9.17) is 9.47 Å². The number of rotatable bonds is 6. The number of aromatic hydroxyl groups is 1. The summed E-state index contributed by atoms with van der Waals surface area (Å²) >= 11 is 2.18. The van der Waals surface area contributed by atoms with Gasteiger partial charge in [-0.2, -0.15) is 0 Å². The molecule has 1 saturated heterocycles. The second kappa shape index (κ2) is 9.47. The number of carbonyl (C=O) groups is 3. The van der Waals surface area contributed by atoms with Gasteiger partial charge in [-0.3, -0.25) is 14.4 Å². The summed E-state index contributed by atoms with van der Waals surface area (Å²) < 4.78 is 10.5. The number of fused-ring (bicyclic) bond motifs is 2. The summed E-state index contributed by atoms with van der Waals surface area (Å²) in [5.41, 5.74) is 1.32. The highest BCUT2D eigenvalue weighted by Gasteiger charge is 2.56. The zero-order chi connectivity index (χ0) is 25.6. The molecule has 2 N–H and O–H groups in total. The van der Waals surface area contributed by atoms with Crippen LogP contribution >= 0.6 is 23.1 Å². The number of anilines is 1. The number of imide groups is 1. The van der Waals surface area contributed by atoms with Crippen molar-refractivity contribution >= 4 is 46.6 Å². The quantitative estimate of drug-likeness (QED) is 0.369. The van der Waals surface area contributed by atoms with Crippen molar-refractivity contribution < 1.29 is 29.0 Å². The number of hydrogen-bond acceptors (Lipinski definition) is 9. The third-order valence-electron chi connectivity index (χ3n) is 6.10. The fraction of sp³-hybridized carbons (Fsp3) is 0.280. The van der Waals surface area contributed by atoms with Gasteiger partial charge in [-0.05, 0) is 55.8 Å². The highest BCUT2D eigenvalue weighted by Crippen LogP contribution is 2.53. The van der Waals surface area contributed by atoms with Gasteiger partial charge < -0.3 is 19.6 Å². The van der Waals surface area contributed by atoms with Crippen molar-refractivity contribution in [2.75, 3.05) is 18.1 Å². The van der Waals surface area contributed by atoms with Gasteiger partial charge in [0, 0.05) is 10.8 Å². The Bertz CT molecular complexity index is 1410. The van der Waals surface area contributed by atoms with Crippen LogP contribution in [0, 0.1) is 5.92 Å². The minimum Gasteiger partial charge on any atom is -0.504 e. The average molecular weight is 527 g/mol. The lowest BCUT2D eigenvalue weighted by Gasteiger charge is -2.30. The molecule has 11 heteroatoms. The lowest BCUT2D eigenvalue weighted by atomic mass is 9.83. The van der Waals surface area contributed by atoms with Crippen LogP contribution < -0.4 is 14.5 Å². The average Bonchev–Trinajstić information content (AvgIpc) is 3.35. The smallest absolute Gasteiger partial charge is 0.338 e. The lowest BCUT2D eigenvalue weighted by Crippen LogP contribution is -2.32. The predicted molar refractivity (Wildman–Crippen MR) is 134 cm³/mol. The molecule has 1 fully saturated rings. The van der Waals surface area contributed by atoms with Gasteiger partial charge in [0.25, 0.3) is 0 Å². The monoisotopic (exact) mass is 526 g/mol. The van der Waals surface area contributed by atoms with Crippen LogP contribution in [0.15, 0.2) is 52.3 Å². The van der Waals surface area contributed by atoms with Gasteiger partial charge in [-0.25, -0.2) is 9.69 Å². The van der Waals surface area contributed by atoms with Crippen LogP contribution in [0.5, 0.6) is 11.5 Å². The van der Waals surface area contributed by atoms with Crippen LogP contribution in [-0.4, -0.2) is 46.3 Å². The number of hydrogen-bond donors (Lipinski definition) is 2. The number of nitrogens with one attached hydrogen (secondary N) is 1. The Morgan fingerprint density at radius 2 is 1.81 bits per heavy atom. The maximum Gasteiger partial charge on any atom is 0.338 e.